The van der Waals surface area contributed by atoms with Gasteiger partial charge in [-0.2, -0.15) is 44.7 Å². The van der Waals surface area contributed by atoms with Crippen LogP contribution < -0.4 is 16.2 Å². The molecular weight excluding hydrogens is 452 g/mol. The van der Waals surface area contributed by atoms with E-state index in [1.54, 1.807) is 0 Å². The highest BCUT2D eigenvalue weighted by atomic mass is 32.1. The Morgan fingerprint density at radius 3 is 2.33 bits per heavy atom. The first-order valence-corrected chi connectivity index (χ1v) is 8.58. The fourth-order valence-electron chi connectivity index (χ4n) is 2.15. The minimum Gasteiger partial charge on any atom is -0.384 e. The Kier molecular flexibility index (Phi) is 6.51. The van der Waals surface area contributed by atoms with E-state index in [0.29, 0.717) is 15.9 Å². The van der Waals surface area contributed by atoms with E-state index in [2.05, 4.69) is 15.4 Å². The van der Waals surface area contributed by atoms with E-state index >= 15 is 0 Å². The summed E-state index contributed by atoms with van der Waals surface area (Å²) < 4.78 is 103. The minimum absolute atomic E-state index is 0.103. The maximum Gasteiger partial charge on any atom is 0.455 e. The van der Waals surface area contributed by atoms with Gasteiger partial charge in [0.05, 0.1) is 12.1 Å². The second-order valence-corrected chi connectivity index (χ2v) is 6.73. The lowest BCUT2D eigenvalue weighted by atomic mass is 10.1. The third-order valence-corrected chi connectivity index (χ3v) is 4.40. The molecule has 2 heterocycles. The third-order valence-electron chi connectivity index (χ3n) is 3.49. The zero-order valence-corrected chi connectivity index (χ0v) is 15.6. The van der Waals surface area contributed by atoms with Crippen LogP contribution in [0.25, 0.3) is 10.5 Å². The largest absolute Gasteiger partial charge is 0.455 e. The summed E-state index contributed by atoms with van der Waals surface area (Å²) >= 11 is 0.680. The first-order chi connectivity index (χ1) is 13.7. The Balaban J connectivity index is 2.60. The van der Waals surface area contributed by atoms with Crippen LogP contribution in [0, 0.1) is 5.41 Å². The van der Waals surface area contributed by atoms with Gasteiger partial charge in [0.1, 0.15) is 5.01 Å². The fraction of sp³-hybridized carbons (Fsp3) is 0.429. The molecule has 0 fully saturated rings. The predicted molar refractivity (Wildman–Crippen MR) is 90.7 cm³/mol. The molecule has 2 aromatic rings. The van der Waals surface area contributed by atoms with E-state index in [1.165, 1.54) is 12.4 Å². The van der Waals surface area contributed by atoms with E-state index in [-0.39, 0.29) is 24.0 Å². The van der Waals surface area contributed by atoms with Gasteiger partial charge in [-0.25, -0.2) is 4.98 Å². The first kappa shape index (κ1) is 23.7. The molecule has 0 unspecified atom stereocenters. The van der Waals surface area contributed by atoms with Crippen molar-refractivity contribution in [2.45, 2.75) is 24.8 Å². The Morgan fingerprint density at radius 2 is 1.83 bits per heavy atom. The number of nitrogens with one attached hydrogen (secondary N) is 3. The molecule has 0 aliphatic heterocycles. The molecule has 7 nitrogen and oxygen atoms in total. The topological polar surface area (TPSA) is 95.2 Å². The summed E-state index contributed by atoms with van der Waals surface area (Å²) in [5.41, 5.74) is -5.23. The summed E-state index contributed by atoms with van der Waals surface area (Å²) in [4.78, 5) is 15.5. The summed E-state index contributed by atoms with van der Waals surface area (Å²) in [6.45, 7) is -1.92. The van der Waals surface area contributed by atoms with Crippen LogP contribution in [0.4, 0.5) is 35.1 Å². The molecule has 0 saturated heterocycles. The van der Waals surface area contributed by atoms with Crippen molar-refractivity contribution in [2.75, 3.05) is 13.6 Å². The van der Waals surface area contributed by atoms with Crippen molar-refractivity contribution < 1.29 is 35.1 Å². The van der Waals surface area contributed by atoms with E-state index in [0.717, 1.165) is 0 Å². The molecule has 2 rings (SSSR count). The van der Waals surface area contributed by atoms with Gasteiger partial charge in [0.2, 0.25) is 4.96 Å². The Hall–Kier alpha value is -2.62. The van der Waals surface area contributed by atoms with Gasteiger partial charge in [-0.05, 0) is 7.05 Å². The van der Waals surface area contributed by atoms with E-state index < -0.39 is 52.2 Å². The Bertz CT molecular complexity index is 1020. The molecule has 0 aliphatic rings. The van der Waals surface area contributed by atoms with E-state index in [9.17, 15) is 39.9 Å². The molecule has 0 aromatic carbocycles. The van der Waals surface area contributed by atoms with Crippen LogP contribution in [-0.4, -0.2) is 46.5 Å². The molecule has 0 bridgehead atoms. The van der Waals surface area contributed by atoms with Crippen molar-refractivity contribution in [3.8, 4) is 0 Å². The molecule has 0 atom stereocenters. The smallest absolute Gasteiger partial charge is 0.384 e. The molecule has 0 aliphatic carbocycles. The lowest BCUT2D eigenvalue weighted by Crippen LogP contribution is -2.44. The van der Waals surface area contributed by atoms with Crippen molar-refractivity contribution >= 4 is 28.1 Å². The summed E-state index contributed by atoms with van der Waals surface area (Å²) in [5, 5.41) is 15.4. The molecule has 2 aromatic heterocycles. The highest BCUT2D eigenvalue weighted by Crippen LogP contribution is 2.35. The van der Waals surface area contributed by atoms with Crippen LogP contribution in [0.3, 0.4) is 0 Å². The first-order valence-electron chi connectivity index (χ1n) is 7.76. The van der Waals surface area contributed by atoms with Gasteiger partial charge in [-0.1, -0.05) is 11.3 Å². The van der Waals surface area contributed by atoms with Crippen LogP contribution in [0.2, 0.25) is 0 Å². The number of nitrogens with zero attached hydrogens (tertiary/aromatic N) is 3. The van der Waals surface area contributed by atoms with Gasteiger partial charge in [0, 0.05) is 24.5 Å². The highest BCUT2D eigenvalue weighted by molar-refractivity contribution is 7.16. The third kappa shape index (κ3) is 4.75. The van der Waals surface area contributed by atoms with Crippen LogP contribution in [0.15, 0.2) is 11.0 Å². The lowest BCUT2D eigenvalue weighted by Gasteiger charge is -2.19. The molecule has 0 amide bonds. The zero-order chi connectivity index (χ0) is 22.9. The summed E-state index contributed by atoms with van der Waals surface area (Å²) in [5.74, 6) is -5.20. The number of aromatic nitrogens is 3. The number of hydrogen-bond donors (Lipinski definition) is 3. The SMILES string of the molecule is CNCc1nn2c(=O)c(/C(C=N)=C/NCC(F)(F)C(F)(F)F)c(C(F)(F)F)nc2s1. The molecule has 30 heavy (non-hydrogen) atoms. The average Bonchev–Trinajstić information content (AvgIpc) is 3.01. The van der Waals surface area contributed by atoms with Gasteiger partial charge < -0.3 is 16.0 Å². The van der Waals surface area contributed by atoms with Crippen LogP contribution in [0.5, 0.6) is 0 Å². The summed E-state index contributed by atoms with van der Waals surface area (Å²) in [6, 6.07) is 0. The second-order valence-electron chi connectivity index (χ2n) is 5.69. The van der Waals surface area contributed by atoms with Crippen LogP contribution in [-0.2, 0) is 12.7 Å². The van der Waals surface area contributed by atoms with Gasteiger partial charge in [-0.15, -0.1) is 0 Å². The lowest BCUT2D eigenvalue weighted by molar-refractivity contribution is -0.278. The van der Waals surface area contributed by atoms with E-state index in [1.807, 2.05) is 0 Å². The van der Waals surface area contributed by atoms with Crippen molar-refractivity contribution in [1.29, 1.82) is 5.41 Å². The monoisotopic (exact) mass is 464 g/mol. The normalized spacial score (nSPS) is 13.7. The molecule has 166 valence electrons. The van der Waals surface area contributed by atoms with Crippen molar-refractivity contribution in [3.05, 3.63) is 32.8 Å². The number of halogens is 8. The van der Waals surface area contributed by atoms with Crippen LogP contribution in [0.1, 0.15) is 16.3 Å². The standard InChI is InChI=1S/C14H12F8N6OS/c1-24-4-7-27-28-10(29)8(9(13(17,18)19)26-11(28)30-7)6(2-23)3-25-5-12(15,16)14(20,21)22/h2-3,23-25H,4-5H2,1H3/b6-3+,23-2?. The molecule has 0 spiro atoms. The summed E-state index contributed by atoms with van der Waals surface area (Å²) in [7, 11) is 1.52. The van der Waals surface area contributed by atoms with Gasteiger partial charge >= 0.3 is 18.3 Å². The molecule has 3 N–H and O–H groups in total. The van der Waals surface area contributed by atoms with Crippen molar-refractivity contribution in [2.24, 2.45) is 0 Å². The molecule has 0 radical (unpaired) electrons. The Labute approximate surface area is 165 Å². The zero-order valence-electron chi connectivity index (χ0n) is 14.8. The second kappa shape index (κ2) is 8.25. The fourth-order valence-corrected chi connectivity index (χ4v) is 3.04. The van der Waals surface area contributed by atoms with Gasteiger partial charge in [0.25, 0.3) is 5.56 Å². The van der Waals surface area contributed by atoms with Gasteiger partial charge in [0.15, 0.2) is 5.69 Å². The molecule has 16 heteroatoms. The summed E-state index contributed by atoms with van der Waals surface area (Å²) in [6.07, 6.45) is -10.6. The number of fused-ring (bicyclic) bond motifs is 1. The van der Waals surface area contributed by atoms with E-state index in [4.69, 9.17) is 5.41 Å². The Morgan fingerprint density at radius 1 is 1.20 bits per heavy atom. The number of allylic oxidation sites excluding steroid dienone is 1. The van der Waals surface area contributed by atoms with Crippen molar-refractivity contribution in [1.82, 2.24) is 25.2 Å². The quantitative estimate of drug-likeness (QED) is 0.433. The minimum atomic E-state index is -5.90. The molecule has 0 saturated carbocycles. The number of hydrogen-bond acceptors (Lipinski definition) is 7. The predicted octanol–water partition coefficient (Wildman–Crippen LogP) is 2.67. The van der Waals surface area contributed by atoms with Gasteiger partial charge in [-0.3, -0.25) is 4.79 Å². The highest BCUT2D eigenvalue weighted by Gasteiger charge is 2.57. The number of alkyl halides is 8. The van der Waals surface area contributed by atoms with Crippen LogP contribution >= 0.6 is 11.3 Å². The maximum atomic E-state index is 13.4. The molecular formula is C14H12F8N6OS. The average molecular weight is 464 g/mol. The maximum absolute atomic E-state index is 13.4. The number of rotatable bonds is 7. The van der Waals surface area contributed by atoms with Crippen molar-refractivity contribution in [3.63, 3.8) is 0 Å².